The summed E-state index contributed by atoms with van der Waals surface area (Å²) in [7, 11) is 0. The van der Waals surface area contributed by atoms with Crippen molar-refractivity contribution in [1.29, 1.82) is 0 Å². The maximum Gasteiger partial charge on any atom is 0.128 e. The smallest absolute Gasteiger partial charge is 0.128 e. The Bertz CT molecular complexity index is 1040. The number of aromatic nitrogens is 4. The summed E-state index contributed by atoms with van der Waals surface area (Å²) in [5.41, 5.74) is 3.77. The van der Waals surface area contributed by atoms with Crippen LogP contribution in [-0.2, 0) is 18.6 Å². The molecule has 0 aliphatic heterocycles. The van der Waals surface area contributed by atoms with Gasteiger partial charge in [-0.15, -0.1) is 23.1 Å². The minimum Gasteiger partial charge on any atom is -0.241 e. The molecule has 0 saturated heterocycles. The second-order valence-corrected chi connectivity index (χ2v) is 8.18. The summed E-state index contributed by atoms with van der Waals surface area (Å²) in [5.74, 6) is 0.865. The van der Waals surface area contributed by atoms with Crippen LogP contribution >= 0.6 is 23.1 Å². The van der Waals surface area contributed by atoms with Crippen molar-refractivity contribution in [3.63, 3.8) is 0 Å². The van der Waals surface area contributed by atoms with Crippen molar-refractivity contribution in [2.24, 2.45) is 0 Å². The number of benzene rings is 1. The van der Waals surface area contributed by atoms with Gasteiger partial charge in [-0.25, -0.2) is 14.6 Å². The summed E-state index contributed by atoms with van der Waals surface area (Å²) >= 11 is 3.63. The van der Waals surface area contributed by atoms with Crippen LogP contribution in [-0.4, -0.2) is 19.7 Å². The van der Waals surface area contributed by atoms with E-state index in [0.29, 0.717) is 0 Å². The van der Waals surface area contributed by atoms with Gasteiger partial charge in [-0.2, -0.15) is 5.10 Å². The molecule has 25 heavy (non-hydrogen) atoms. The minimum absolute atomic E-state index is 0.865. The van der Waals surface area contributed by atoms with Crippen molar-refractivity contribution < 1.29 is 0 Å². The molecular weight excluding hydrogens is 348 g/mol. The SMILES string of the molecule is c1ccc(-n2cc(CSc3ncnc4sc5c(c34)CCC5)cn2)cc1. The van der Waals surface area contributed by atoms with Gasteiger partial charge in [0, 0.05) is 27.8 Å². The molecule has 6 heteroatoms. The van der Waals surface area contributed by atoms with Crippen LogP contribution in [0.4, 0.5) is 0 Å². The predicted molar refractivity (Wildman–Crippen MR) is 103 cm³/mol. The Morgan fingerprint density at radius 2 is 2.04 bits per heavy atom. The lowest BCUT2D eigenvalue weighted by molar-refractivity contribution is 0.880. The average molecular weight is 364 g/mol. The van der Waals surface area contributed by atoms with E-state index in [2.05, 4.69) is 33.4 Å². The second kappa shape index (κ2) is 6.28. The highest BCUT2D eigenvalue weighted by atomic mass is 32.2. The number of thioether (sulfide) groups is 1. The first-order chi connectivity index (χ1) is 12.4. The number of hydrogen-bond donors (Lipinski definition) is 0. The maximum absolute atomic E-state index is 4.57. The molecule has 1 aliphatic carbocycles. The Labute approximate surface area is 153 Å². The lowest BCUT2D eigenvalue weighted by Gasteiger charge is -2.03. The van der Waals surface area contributed by atoms with Gasteiger partial charge in [-0.3, -0.25) is 0 Å². The summed E-state index contributed by atoms with van der Waals surface area (Å²) < 4.78 is 1.92. The van der Waals surface area contributed by atoms with E-state index in [9.17, 15) is 0 Å². The fourth-order valence-electron chi connectivity index (χ4n) is 3.32. The van der Waals surface area contributed by atoms with Crippen molar-refractivity contribution in [3.8, 4) is 5.69 Å². The van der Waals surface area contributed by atoms with E-state index in [1.807, 2.05) is 40.4 Å². The van der Waals surface area contributed by atoms with Crippen LogP contribution in [0.5, 0.6) is 0 Å². The summed E-state index contributed by atoms with van der Waals surface area (Å²) in [6, 6.07) is 10.2. The molecule has 1 aliphatic rings. The molecule has 5 rings (SSSR count). The van der Waals surface area contributed by atoms with E-state index in [-0.39, 0.29) is 0 Å². The quantitative estimate of drug-likeness (QED) is 0.390. The van der Waals surface area contributed by atoms with Gasteiger partial charge in [-0.1, -0.05) is 18.2 Å². The van der Waals surface area contributed by atoms with E-state index in [4.69, 9.17) is 0 Å². The highest BCUT2D eigenvalue weighted by molar-refractivity contribution is 7.98. The fraction of sp³-hybridized carbons (Fsp3) is 0.211. The van der Waals surface area contributed by atoms with Crippen LogP contribution < -0.4 is 0 Å². The topological polar surface area (TPSA) is 43.6 Å². The zero-order valence-electron chi connectivity index (χ0n) is 13.6. The zero-order valence-corrected chi connectivity index (χ0v) is 15.2. The summed E-state index contributed by atoms with van der Waals surface area (Å²) in [6.45, 7) is 0. The Balaban J connectivity index is 1.40. The average Bonchev–Trinajstić information content (AvgIpc) is 3.36. The highest BCUT2D eigenvalue weighted by Crippen LogP contribution is 2.40. The number of para-hydroxylation sites is 1. The molecule has 0 atom stereocenters. The van der Waals surface area contributed by atoms with Gasteiger partial charge in [0.25, 0.3) is 0 Å². The minimum atomic E-state index is 0.865. The Kier molecular flexibility index (Phi) is 3.79. The Morgan fingerprint density at radius 3 is 2.96 bits per heavy atom. The van der Waals surface area contributed by atoms with Crippen LogP contribution in [0.25, 0.3) is 15.9 Å². The van der Waals surface area contributed by atoms with Crippen molar-refractivity contribution in [3.05, 3.63) is 65.1 Å². The number of thiophene rings is 1. The van der Waals surface area contributed by atoms with E-state index >= 15 is 0 Å². The molecule has 1 aromatic carbocycles. The lowest BCUT2D eigenvalue weighted by atomic mass is 10.2. The molecule has 3 heterocycles. The van der Waals surface area contributed by atoms with Crippen LogP contribution in [0.2, 0.25) is 0 Å². The molecule has 0 radical (unpaired) electrons. The largest absolute Gasteiger partial charge is 0.241 e. The monoisotopic (exact) mass is 364 g/mol. The van der Waals surface area contributed by atoms with E-state index in [0.717, 1.165) is 21.3 Å². The molecule has 0 saturated carbocycles. The number of nitrogens with zero attached hydrogens (tertiary/aromatic N) is 4. The third-order valence-electron chi connectivity index (χ3n) is 4.50. The van der Waals surface area contributed by atoms with Gasteiger partial charge < -0.3 is 0 Å². The number of rotatable bonds is 4. The summed E-state index contributed by atoms with van der Waals surface area (Å²) in [6.07, 6.45) is 9.37. The maximum atomic E-state index is 4.57. The molecule has 4 nitrogen and oxygen atoms in total. The molecule has 0 amide bonds. The second-order valence-electron chi connectivity index (χ2n) is 6.13. The lowest BCUT2D eigenvalue weighted by Crippen LogP contribution is -1.92. The highest BCUT2D eigenvalue weighted by Gasteiger charge is 2.21. The molecule has 124 valence electrons. The van der Waals surface area contributed by atoms with E-state index < -0.39 is 0 Å². The standard InChI is InChI=1S/C19H16N4S2/c1-2-5-14(6-3-1)23-10-13(9-22-23)11-24-18-17-15-7-4-8-16(15)25-19(17)21-12-20-18/h1-3,5-6,9-10,12H,4,7-8,11H2. The van der Waals surface area contributed by atoms with Crippen molar-refractivity contribution in [2.75, 3.05) is 0 Å². The number of aryl methyl sites for hydroxylation is 2. The predicted octanol–water partition coefficient (Wildman–Crippen LogP) is 4.66. The van der Waals surface area contributed by atoms with Crippen molar-refractivity contribution in [1.82, 2.24) is 19.7 Å². The molecule has 0 bridgehead atoms. The normalized spacial score (nSPS) is 13.4. The van der Waals surface area contributed by atoms with E-state index in [1.54, 1.807) is 18.1 Å². The van der Waals surface area contributed by atoms with Crippen LogP contribution in [0, 0.1) is 0 Å². The number of fused-ring (bicyclic) bond motifs is 3. The van der Waals surface area contributed by atoms with Gasteiger partial charge in [0.1, 0.15) is 16.2 Å². The van der Waals surface area contributed by atoms with Crippen LogP contribution in [0.3, 0.4) is 0 Å². The van der Waals surface area contributed by atoms with Crippen LogP contribution in [0.15, 0.2) is 54.1 Å². The third-order valence-corrected chi connectivity index (χ3v) is 6.76. The molecule has 0 spiro atoms. The first kappa shape index (κ1) is 15.1. The van der Waals surface area contributed by atoms with E-state index in [1.165, 1.54) is 40.7 Å². The zero-order chi connectivity index (χ0) is 16.6. The van der Waals surface area contributed by atoms with Gasteiger partial charge in [-0.05, 0) is 37.0 Å². The molecular formula is C19H16N4S2. The van der Waals surface area contributed by atoms with Gasteiger partial charge in [0.05, 0.1) is 11.9 Å². The molecule has 0 fully saturated rings. The Morgan fingerprint density at radius 1 is 1.12 bits per heavy atom. The summed E-state index contributed by atoms with van der Waals surface area (Å²) in [5, 5.41) is 6.88. The van der Waals surface area contributed by atoms with Gasteiger partial charge in [0.2, 0.25) is 0 Å². The van der Waals surface area contributed by atoms with Gasteiger partial charge in [0.15, 0.2) is 0 Å². The first-order valence-corrected chi connectivity index (χ1v) is 10.2. The first-order valence-electron chi connectivity index (χ1n) is 8.35. The molecule has 4 aromatic rings. The third kappa shape index (κ3) is 2.75. The molecule has 0 unspecified atom stereocenters. The molecule has 3 aromatic heterocycles. The fourth-order valence-corrected chi connectivity index (χ4v) is 5.55. The Hall–Kier alpha value is -2.18. The molecule has 0 N–H and O–H groups in total. The van der Waals surface area contributed by atoms with Crippen molar-refractivity contribution >= 4 is 33.3 Å². The number of hydrogen-bond acceptors (Lipinski definition) is 5. The van der Waals surface area contributed by atoms with Crippen molar-refractivity contribution in [2.45, 2.75) is 30.0 Å². The van der Waals surface area contributed by atoms with Crippen LogP contribution in [0.1, 0.15) is 22.4 Å². The summed E-state index contributed by atoms with van der Waals surface area (Å²) in [4.78, 5) is 11.7. The van der Waals surface area contributed by atoms with Gasteiger partial charge >= 0.3 is 0 Å².